The second-order valence-corrected chi connectivity index (χ2v) is 14.7. The van der Waals surface area contributed by atoms with Crippen molar-refractivity contribution in [1.82, 2.24) is 0 Å². The van der Waals surface area contributed by atoms with Gasteiger partial charge in [-0.05, 0) is 25.0 Å². The van der Waals surface area contributed by atoms with Crippen molar-refractivity contribution in [2.24, 2.45) is 0 Å². The third-order valence-corrected chi connectivity index (χ3v) is 8.90. The summed E-state index contributed by atoms with van der Waals surface area (Å²) in [4.78, 5) is -0.823. The maximum Gasteiger partial charge on any atom is 0.295 e. The first-order chi connectivity index (χ1) is 18.8. The van der Waals surface area contributed by atoms with E-state index < -0.39 is 30.0 Å². The molecule has 0 fully saturated rings. The molecule has 0 aliphatic heterocycles. The van der Waals surface area contributed by atoms with Crippen LogP contribution in [0.3, 0.4) is 0 Å². The highest BCUT2D eigenvalue weighted by Gasteiger charge is 2.19. The zero-order valence-corrected chi connectivity index (χ0v) is 26.9. The number of rotatable bonds is 19. The maximum atomic E-state index is 11.2. The molecule has 2 aromatic carbocycles. The first-order valence-electron chi connectivity index (χ1n) is 15.0. The van der Waals surface area contributed by atoms with Gasteiger partial charge in [-0.25, -0.2) is 0 Å². The molecule has 0 spiro atoms. The molecule has 40 heavy (non-hydrogen) atoms. The Kier molecular flexibility index (Phi) is 17.2. The van der Waals surface area contributed by atoms with Gasteiger partial charge in [-0.15, -0.1) is 0 Å². The fraction of sp³-hybridized carbons (Fsp3) is 0.677. The van der Waals surface area contributed by atoms with Gasteiger partial charge in [0.15, 0.2) is 0 Å². The molecule has 0 radical (unpaired) electrons. The van der Waals surface area contributed by atoms with Crippen molar-refractivity contribution in [1.29, 1.82) is 0 Å². The summed E-state index contributed by atoms with van der Waals surface area (Å²) in [6.07, 6.45) is 23.4. The molecule has 0 heterocycles. The smallest absolute Gasteiger partial charge is 0.295 e. The van der Waals surface area contributed by atoms with Crippen molar-refractivity contribution < 1.29 is 30.4 Å². The van der Waals surface area contributed by atoms with Gasteiger partial charge in [0.2, 0.25) is 0 Å². The number of nitrogens with zero attached hydrogens (tertiary/aromatic N) is 1. The fourth-order valence-corrected chi connectivity index (χ4v) is 6.25. The Balaban J connectivity index is 0.000000406. The second kappa shape index (κ2) is 18.8. The lowest BCUT2D eigenvalue weighted by Gasteiger charge is -2.23. The molecule has 7 nitrogen and oxygen atoms in total. The van der Waals surface area contributed by atoms with Crippen LogP contribution in [0.25, 0.3) is 10.8 Å². The summed E-state index contributed by atoms with van der Waals surface area (Å²) in [5, 5.41) is 0.0465. The Morgan fingerprint density at radius 3 is 1.10 bits per heavy atom. The van der Waals surface area contributed by atoms with Crippen LogP contribution in [0, 0.1) is 0 Å². The first kappa shape index (κ1) is 36.5. The van der Waals surface area contributed by atoms with E-state index >= 15 is 0 Å². The van der Waals surface area contributed by atoms with Gasteiger partial charge in [-0.2, -0.15) is 16.8 Å². The third kappa shape index (κ3) is 16.1. The minimum Gasteiger partial charge on any atom is -0.331 e. The van der Waals surface area contributed by atoms with E-state index in [1.165, 1.54) is 134 Å². The molecule has 0 aliphatic carbocycles. The van der Waals surface area contributed by atoms with Crippen molar-refractivity contribution in [3.05, 3.63) is 36.4 Å². The predicted molar refractivity (Wildman–Crippen MR) is 166 cm³/mol. The van der Waals surface area contributed by atoms with E-state index in [1.54, 1.807) is 0 Å². The van der Waals surface area contributed by atoms with Crippen LogP contribution >= 0.6 is 0 Å². The summed E-state index contributed by atoms with van der Waals surface area (Å²) in [5.41, 5.74) is 0. The van der Waals surface area contributed by atoms with Gasteiger partial charge in [0.1, 0.15) is 9.79 Å². The standard InChI is InChI=1S/C21H46N.C10H8O6S2/c1-5-6-7-8-9-10-11-12-13-14-15-16-17-18-19-20-21-22(2,3)4;11-17(12,13)9-5-1-3-7-8(9)4-2-6-10(7)18(14,15)16/h5-21H2,1-4H3;1-6H,(H,11,12,13)(H,14,15,16)/q+1;. The molecule has 2 rings (SSSR count). The van der Waals surface area contributed by atoms with E-state index in [0.717, 1.165) is 16.6 Å². The molecular weight excluding hydrogens is 546 g/mol. The maximum absolute atomic E-state index is 11.2. The molecule has 2 aromatic rings. The highest BCUT2D eigenvalue weighted by molar-refractivity contribution is 7.86. The number of unbranched alkanes of at least 4 members (excludes halogenated alkanes) is 15. The van der Waals surface area contributed by atoms with Gasteiger partial charge in [0, 0.05) is 10.8 Å². The number of quaternary nitrogens is 1. The van der Waals surface area contributed by atoms with Crippen LogP contribution in [0.1, 0.15) is 110 Å². The molecule has 9 heteroatoms. The molecule has 0 aliphatic rings. The minimum absolute atomic E-state index is 0.0233. The molecule has 0 saturated carbocycles. The van der Waals surface area contributed by atoms with Crippen LogP contribution < -0.4 is 0 Å². The van der Waals surface area contributed by atoms with Crippen LogP contribution in [0.5, 0.6) is 0 Å². The second-order valence-electron chi connectivity index (χ2n) is 11.9. The van der Waals surface area contributed by atoms with Crippen molar-refractivity contribution >= 4 is 31.0 Å². The fourth-order valence-electron chi connectivity index (χ4n) is 4.84. The van der Waals surface area contributed by atoms with Gasteiger partial charge < -0.3 is 4.48 Å². The number of hydrogen-bond donors (Lipinski definition) is 2. The molecule has 0 aromatic heterocycles. The zero-order valence-electron chi connectivity index (χ0n) is 25.3. The summed E-state index contributed by atoms with van der Waals surface area (Å²) < 4.78 is 63.8. The average Bonchev–Trinajstić information content (AvgIpc) is 2.86. The first-order valence-corrected chi connectivity index (χ1v) is 17.9. The van der Waals surface area contributed by atoms with E-state index in [4.69, 9.17) is 9.11 Å². The largest absolute Gasteiger partial charge is 0.331 e. The quantitative estimate of drug-likeness (QED) is 0.0954. The third-order valence-electron chi connectivity index (χ3n) is 7.08. The molecular formula is C31H54NO6S2+. The lowest BCUT2D eigenvalue weighted by molar-refractivity contribution is -0.870. The van der Waals surface area contributed by atoms with E-state index in [-0.39, 0.29) is 10.8 Å². The Morgan fingerprint density at radius 1 is 0.525 bits per heavy atom. The number of fused-ring (bicyclic) bond motifs is 1. The summed E-state index contributed by atoms with van der Waals surface area (Å²) in [7, 11) is -2.05. The van der Waals surface area contributed by atoms with Crippen LogP contribution in [0.2, 0.25) is 0 Å². The summed E-state index contributed by atoms with van der Waals surface area (Å²) in [6, 6.07) is 7.53. The summed E-state index contributed by atoms with van der Waals surface area (Å²) >= 11 is 0. The lowest BCUT2D eigenvalue weighted by Crippen LogP contribution is -2.35. The highest BCUT2D eigenvalue weighted by atomic mass is 32.2. The van der Waals surface area contributed by atoms with Crippen LogP contribution in [0.4, 0.5) is 0 Å². The molecule has 0 bridgehead atoms. The SMILES string of the molecule is CCCCCCCCCCCCCCCCCC[N+](C)(C)C.O=S(=O)(O)c1cccc2c(S(=O)(=O)O)cccc12. The van der Waals surface area contributed by atoms with Crippen LogP contribution in [0.15, 0.2) is 46.2 Å². The summed E-state index contributed by atoms with van der Waals surface area (Å²) in [6.45, 7) is 3.63. The highest BCUT2D eigenvalue weighted by Crippen LogP contribution is 2.28. The monoisotopic (exact) mass is 600 g/mol. The van der Waals surface area contributed by atoms with Gasteiger partial charge in [0.25, 0.3) is 20.2 Å². The van der Waals surface area contributed by atoms with Crippen molar-refractivity contribution in [2.75, 3.05) is 27.7 Å². The molecule has 0 atom stereocenters. The van der Waals surface area contributed by atoms with Crippen molar-refractivity contribution in [3.8, 4) is 0 Å². The molecule has 2 N–H and O–H groups in total. The predicted octanol–water partition coefficient (Wildman–Crippen LogP) is 8.29. The van der Waals surface area contributed by atoms with E-state index in [1.807, 2.05) is 0 Å². The minimum atomic E-state index is -4.47. The van der Waals surface area contributed by atoms with Crippen molar-refractivity contribution in [3.63, 3.8) is 0 Å². The van der Waals surface area contributed by atoms with E-state index in [2.05, 4.69) is 28.1 Å². The normalized spacial score (nSPS) is 12.3. The Labute approximate surface area is 244 Å². The van der Waals surface area contributed by atoms with Gasteiger partial charge >= 0.3 is 0 Å². The van der Waals surface area contributed by atoms with Gasteiger partial charge in [-0.1, -0.05) is 121 Å². The lowest BCUT2D eigenvalue weighted by atomic mass is 10.0. The molecule has 0 unspecified atom stereocenters. The van der Waals surface area contributed by atoms with E-state index in [9.17, 15) is 16.8 Å². The number of hydrogen-bond acceptors (Lipinski definition) is 4. The van der Waals surface area contributed by atoms with Crippen LogP contribution in [-0.4, -0.2) is 58.1 Å². The van der Waals surface area contributed by atoms with Gasteiger partial charge in [0.05, 0.1) is 27.7 Å². The number of benzene rings is 2. The van der Waals surface area contributed by atoms with Gasteiger partial charge in [-0.3, -0.25) is 9.11 Å². The van der Waals surface area contributed by atoms with E-state index in [0.29, 0.717) is 0 Å². The Bertz CT molecular complexity index is 1120. The Morgan fingerprint density at radius 2 is 0.825 bits per heavy atom. The molecule has 0 amide bonds. The zero-order chi connectivity index (χ0) is 30.1. The van der Waals surface area contributed by atoms with Crippen molar-refractivity contribution in [2.45, 2.75) is 119 Å². The molecule has 230 valence electrons. The van der Waals surface area contributed by atoms with Crippen LogP contribution in [-0.2, 0) is 20.2 Å². The topological polar surface area (TPSA) is 109 Å². The average molecular weight is 601 g/mol. The Hall–Kier alpha value is -1.52. The summed E-state index contributed by atoms with van der Waals surface area (Å²) in [5.74, 6) is 0. The molecule has 0 saturated heterocycles.